The molecule has 0 bridgehead atoms. The standard InChI is InChI=1S/C15H25N3O2S/c1-18(14-4-2-3-5-14)11-10-17-21(19,20)15-8-6-13(12-16)7-9-15/h6-9,14,17H,2-5,10-12,16H2,1H3. The van der Waals surface area contributed by atoms with Crippen molar-refractivity contribution in [3.8, 4) is 0 Å². The van der Waals surface area contributed by atoms with E-state index in [1.54, 1.807) is 24.3 Å². The Kier molecular flexibility index (Phi) is 5.75. The van der Waals surface area contributed by atoms with E-state index in [-0.39, 0.29) is 0 Å². The minimum atomic E-state index is -3.42. The first kappa shape index (κ1) is 16.4. The van der Waals surface area contributed by atoms with Crippen molar-refractivity contribution in [3.05, 3.63) is 29.8 Å². The van der Waals surface area contributed by atoms with Crippen molar-refractivity contribution in [1.29, 1.82) is 0 Å². The van der Waals surface area contributed by atoms with Crippen LogP contribution < -0.4 is 10.5 Å². The average Bonchev–Trinajstić information content (AvgIpc) is 3.01. The molecule has 21 heavy (non-hydrogen) atoms. The highest BCUT2D eigenvalue weighted by Crippen LogP contribution is 2.21. The Hall–Kier alpha value is -0.950. The van der Waals surface area contributed by atoms with Crippen molar-refractivity contribution in [3.63, 3.8) is 0 Å². The Labute approximate surface area is 127 Å². The van der Waals surface area contributed by atoms with Gasteiger partial charge in [0.05, 0.1) is 4.90 Å². The van der Waals surface area contributed by atoms with Crippen LogP contribution in [0.3, 0.4) is 0 Å². The van der Waals surface area contributed by atoms with Crippen molar-refractivity contribution in [1.82, 2.24) is 9.62 Å². The minimum Gasteiger partial charge on any atom is -0.326 e. The monoisotopic (exact) mass is 311 g/mol. The molecule has 1 aromatic rings. The van der Waals surface area contributed by atoms with Crippen LogP contribution in [-0.2, 0) is 16.6 Å². The topological polar surface area (TPSA) is 75.4 Å². The van der Waals surface area contributed by atoms with E-state index in [2.05, 4.69) is 16.7 Å². The zero-order valence-corrected chi connectivity index (χ0v) is 13.4. The fourth-order valence-electron chi connectivity index (χ4n) is 2.77. The molecular weight excluding hydrogens is 286 g/mol. The fourth-order valence-corrected chi connectivity index (χ4v) is 3.79. The van der Waals surface area contributed by atoms with Crippen molar-refractivity contribution < 1.29 is 8.42 Å². The molecule has 0 spiro atoms. The largest absolute Gasteiger partial charge is 0.326 e. The summed E-state index contributed by atoms with van der Waals surface area (Å²) in [5.74, 6) is 0. The Morgan fingerprint density at radius 2 is 1.86 bits per heavy atom. The summed E-state index contributed by atoms with van der Waals surface area (Å²) in [5, 5.41) is 0. The predicted molar refractivity (Wildman–Crippen MR) is 84.4 cm³/mol. The first-order valence-corrected chi connectivity index (χ1v) is 9.00. The molecule has 1 fully saturated rings. The summed E-state index contributed by atoms with van der Waals surface area (Å²) in [5.41, 5.74) is 6.44. The van der Waals surface area contributed by atoms with Crippen molar-refractivity contribution >= 4 is 10.0 Å². The molecule has 6 heteroatoms. The van der Waals surface area contributed by atoms with Crippen LogP contribution in [0.5, 0.6) is 0 Å². The van der Waals surface area contributed by atoms with E-state index < -0.39 is 10.0 Å². The van der Waals surface area contributed by atoms with E-state index in [1.165, 1.54) is 25.7 Å². The van der Waals surface area contributed by atoms with Gasteiger partial charge in [-0.25, -0.2) is 13.1 Å². The van der Waals surface area contributed by atoms with Crippen molar-refractivity contribution in [2.24, 2.45) is 5.73 Å². The number of sulfonamides is 1. The van der Waals surface area contributed by atoms with Gasteiger partial charge in [0.2, 0.25) is 10.0 Å². The van der Waals surface area contributed by atoms with Gasteiger partial charge in [-0.1, -0.05) is 25.0 Å². The number of nitrogens with zero attached hydrogens (tertiary/aromatic N) is 1. The molecule has 0 amide bonds. The molecule has 0 aromatic heterocycles. The van der Waals surface area contributed by atoms with Crippen molar-refractivity contribution in [2.75, 3.05) is 20.1 Å². The van der Waals surface area contributed by atoms with Gasteiger partial charge in [-0.05, 0) is 37.6 Å². The van der Waals surface area contributed by atoms with E-state index in [9.17, 15) is 8.42 Å². The lowest BCUT2D eigenvalue weighted by atomic mass is 10.2. The normalized spacial score (nSPS) is 16.7. The minimum absolute atomic E-state index is 0.295. The van der Waals surface area contributed by atoms with Gasteiger partial charge in [0.1, 0.15) is 0 Å². The van der Waals surface area contributed by atoms with E-state index in [0.717, 1.165) is 12.1 Å². The summed E-state index contributed by atoms with van der Waals surface area (Å²) < 4.78 is 27.0. The summed E-state index contributed by atoms with van der Waals surface area (Å²) >= 11 is 0. The molecule has 0 saturated heterocycles. The van der Waals surface area contributed by atoms with Gasteiger partial charge in [-0.2, -0.15) is 0 Å². The second-order valence-electron chi connectivity index (χ2n) is 5.66. The maximum Gasteiger partial charge on any atom is 0.240 e. The van der Waals surface area contributed by atoms with Crippen LogP contribution in [0, 0.1) is 0 Å². The molecule has 3 N–H and O–H groups in total. The second-order valence-corrected chi connectivity index (χ2v) is 7.43. The number of hydrogen-bond donors (Lipinski definition) is 2. The predicted octanol–water partition coefficient (Wildman–Crippen LogP) is 1.30. The number of hydrogen-bond acceptors (Lipinski definition) is 4. The first-order chi connectivity index (χ1) is 10.0. The number of benzene rings is 1. The molecule has 2 rings (SSSR count). The third-order valence-electron chi connectivity index (χ3n) is 4.17. The van der Waals surface area contributed by atoms with Crippen LogP contribution in [0.15, 0.2) is 29.2 Å². The summed E-state index contributed by atoms with van der Waals surface area (Å²) in [4.78, 5) is 2.55. The second kappa shape index (κ2) is 7.35. The number of likely N-dealkylation sites (N-methyl/N-ethyl adjacent to an activating group) is 1. The van der Waals surface area contributed by atoms with Gasteiger partial charge in [0.15, 0.2) is 0 Å². The van der Waals surface area contributed by atoms with Crippen LogP contribution in [-0.4, -0.2) is 39.5 Å². The van der Waals surface area contributed by atoms with Crippen LogP contribution >= 0.6 is 0 Å². The SMILES string of the molecule is CN(CCNS(=O)(=O)c1ccc(CN)cc1)C1CCCC1. The van der Waals surface area contributed by atoms with Crippen LogP contribution in [0.4, 0.5) is 0 Å². The molecule has 0 atom stereocenters. The molecule has 0 heterocycles. The maximum atomic E-state index is 12.2. The summed E-state index contributed by atoms with van der Waals surface area (Å²) in [6, 6.07) is 7.31. The highest BCUT2D eigenvalue weighted by molar-refractivity contribution is 7.89. The van der Waals surface area contributed by atoms with Gasteiger partial charge in [0.25, 0.3) is 0 Å². The van der Waals surface area contributed by atoms with Gasteiger partial charge in [-0.3, -0.25) is 0 Å². The lowest BCUT2D eigenvalue weighted by molar-refractivity contribution is 0.250. The molecule has 5 nitrogen and oxygen atoms in total. The third kappa shape index (κ3) is 4.51. The fraction of sp³-hybridized carbons (Fsp3) is 0.600. The smallest absolute Gasteiger partial charge is 0.240 e. The Bertz CT molecular complexity index is 537. The molecule has 1 aliphatic rings. The summed E-state index contributed by atoms with van der Waals surface area (Å²) in [7, 11) is -1.35. The number of rotatable bonds is 7. The van der Waals surface area contributed by atoms with Gasteiger partial charge in [0, 0.05) is 25.7 Å². The lowest BCUT2D eigenvalue weighted by Gasteiger charge is -2.23. The summed E-state index contributed by atoms with van der Waals surface area (Å²) in [6.45, 7) is 1.60. The van der Waals surface area contributed by atoms with Gasteiger partial charge < -0.3 is 10.6 Å². The Morgan fingerprint density at radius 3 is 2.43 bits per heavy atom. The zero-order valence-electron chi connectivity index (χ0n) is 12.6. The maximum absolute atomic E-state index is 12.2. The molecule has 1 aromatic carbocycles. The molecular formula is C15H25N3O2S. The number of nitrogens with one attached hydrogen (secondary N) is 1. The molecule has 0 aliphatic heterocycles. The molecule has 1 saturated carbocycles. The third-order valence-corrected chi connectivity index (χ3v) is 5.65. The molecule has 0 unspecified atom stereocenters. The van der Waals surface area contributed by atoms with E-state index >= 15 is 0 Å². The van der Waals surface area contributed by atoms with Crippen LogP contribution in [0.25, 0.3) is 0 Å². The van der Waals surface area contributed by atoms with Crippen LogP contribution in [0.2, 0.25) is 0 Å². The molecule has 118 valence electrons. The summed E-state index contributed by atoms with van der Waals surface area (Å²) in [6.07, 6.45) is 5.02. The van der Waals surface area contributed by atoms with Crippen LogP contribution in [0.1, 0.15) is 31.2 Å². The highest BCUT2D eigenvalue weighted by atomic mass is 32.2. The highest BCUT2D eigenvalue weighted by Gasteiger charge is 2.20. The zero-order chi connectivity index (χ0) is 15.3. The molecule has 0 radical (unpaired) electrons. The van der Waals surface area contributed by atoms with Gasteiger partial charge >= 0.3 is 0 Å². The average molecular weight is 311 g/mol. The van der Waals surface area contributed by atoms with Crippen molar-refractivity contribution in [2.45, 2.75) is 43.2 Å². The molecule has 1 aliphatic carbocycles. The Balaban J connectivity index is 1.85. The van der Waals surface area contributed by atoms with E-state index in [4.69, 9.17) is 5.73 Å². The van der Waals surface area contributed by atoms with E-state index in [0.29, 0.717) is 24.0 Å². The first-order valence-electron chi connectivity index (χ1n) is 7.52. The Morgan fingerprint density at radius 1 is 1.24 bits per heavy atom. The quantitative estimate of drug-likeness (QED) is 0.796. The lowest BCUT2D eigenvalue weighted by Crippen LogP contribution is -2.37. The number of nitrogens with two attached hydrogens (primary N) is 1. The van der Waals surface area contributed by atoms with Gasteiger partial charge in [-0.15, -0.1) is 0 Å². The van der Waals surface area contributed by atoms with E-state index in [1.807, 2.05) is 0 Å².